The first-order valence-corrected chi connectivity index (χ1v) is 2.09. The first-order valence-electron chi connectivity index (χ1n) is 2.09. The van der Waals surface area contributed by atoms with E-state index in [1.165, 1.54) is 0 Å². The largest absolute Gasteiger partial charge is 0.450 e. The molecule has 0 aromatic carbocycles. The van der Waals surface area contributed by atoms with Crippen molar-refractivity contribution in [2.24, 2.45) is 5.11 Å². The molecule has 0 aliphatic carbocycles. The van der Waals surface area contributed by atoms with Crippen LogP contribution in [0.2, 0.25) is 0 Å². The molecule has 4 nitrogen and oxygen atoms in total. The van der Waals surface area contributed by atoms with Crippen molar-refractivity contribution >= 4 is 5.78 Å². The van der Waals surface area contributed by atoms with Crippen LogP contribution in [0.3, 0.4) is 0 Å². The number of ketones is 1. The average molecular weight is 153 g/mol. The standard InChI is InChI=1S/C3H2F3N3O/c4-3(5,6)2(10)1-8-9-7/h1H2. The third-order valence-electron chi connectivity index (χ3n) is 0.594. The molecule has 0 aliphatic heterocycles. The van der Waals surface area contributed by atoms with Gasteiger partial charge in [-0.2, -0.15) is 13.2 Å². The van der Waals surface area contributed by atoms with E-state index in [1.807, 2.05) is 4.91 Å². The molecule has 0 saturated heterocycles. The van der Waals surface area contributed by atoms with Gasteiger partial charge < -0.3 is 0 Å². The van der Waals surface area contributed by atoms with Gasteiger partial charge in [0, 0.05) is 4.91 Å². The SMILES string of the molecule is [N-]=[N+]=NCC(=O)C(F)(F)F. The smallest absolute Gasteiger partial charge is 0.289 e. The molecule has 0 amide bonds. The number of alkyl halides is 3. The van der Waals surface area contributed by atoms with Crippen LogP contribution in [0.15, 0.2) is 5.11 Å². The first-order chi connectivity index (χ1) is 4.48. The molecule has 0 aromatic rings. The Morgan fingerprint density at radius 1 is 1.60 bits per heavy atom. The van der Waals surface area contributed by atoms with Gasteiger partial charge in [-0.1, -0.05) is 5.11 Å². The maximum Gasteiger partial charge on any atom is 0.450 e. The zero-order valence-corrected chi connectivity index (χ0v) is 4.59. The van der Waals surface area contributed by atoms with Gasteiger partial charge in [0.1, 0.15) is 0 Å². The number of hydrogen-bond acceptors (Lipinski definition) is 2. The van der Waals surface area contributed by atoms with Gasteiger partial charge in [0.25, 0.3) is 0 Å². The van der Waals surface area contributed by atoms with Crippen molar-refractivity contribution in [1.29, 1.82) is 0 Å². The van der Waals surface area contributed by atoms with Crippen LogP contribution in [0.4, 0.5) is 13.2 Å². The van der Waals surface area contributed by atoms with Crippen LogP contribution in [-0.2, 0) is 4.79 Å². The Labute approximate surface area is 53.3 Å². The summed E-state index contributed by atoms with van der Waals surface area (Å²) in [6.45, 7) is -1.17. The molecule has 0 aromatic heterocycles. The van der Waals surface area contributed by atoms with Crippen molar-refractivity contribution in [3.8, 4) is 0 Å². The molecule has 0 spiro atoms. The highest BCUT2D eigenvalue weighted by Crippen LogP contribution is 2.15. The van der Waals surface area contributed by atoms with Gasteiger partial charge in [-0.15, -0.1) is 0 Å². The van der Waals surface area contributed by atoms with E-state index in [0.717, 1.165) is 0 Å². The van der Waals surface area contributed by atoms with Gasteiger partial charge in [-0.25, -0.2) is 0 Å². The van der Waals surface area contributed by atoms with E-state index < -0.39 is 18.5 Å². The summed E-state index contributed by atoms with van der Waals surface area (Å²) in [5, 5.41) is 2.45. The van der Waals surface area contributed by atoms with E-state index in [1.54, 1.807) is 0 Å². The molecule has 10 heavy (non-hydrogen) atoms. The molecule has 0 heterocycles. The number of carbonyl (C=O) groups is 1. The summed E-state index contributed by atoms with van der Waals surface area (Å²) in [6, 6.07) is 0. The van der Waals surface area contributed by atoms with Crippen LogP contribution in [0, 0.1) is 0 Å². The average Bonchev–Trinajstić information content (AvgIpc) is 1.80. The molecule has 56 valence electrons. The maximum atomic E-state index is 11.2. The van der Waals surface area contributed by atoms with Crippen molar-refractivity contribution in [3.05, 3.63) is 10.4 Å². The molecular weight excluding hydrogens is 151 g/mol. The molecule has 0 saturated carbocycles. The predicted octanol–water partition coefficient (Wildman–Crippen LogP) is 1.43. The number of hydrogen-bond donors (Lipinski definition) is 0. The normalized spacial score (nSPS) is 10.3. The fourth-order valence-corrected chi connectivity index (χ4v) is 0.185. The highest BCUT2D eigenvalue weighted by molar-refractivity contribution is 5.85. The van der Waals surface area contributed by atoms with Gasteiger partial charge >= 0.3 is 6.18 Å². The summed E-state index contributed by atoms with van der Waals surface area (Å²) in [5.74, 6) is -2.04. The minimum atomic E-state index is -4.89. The lowest BCUT2D eigenvalue weighted by Gasteiger charge is -1.99. The summed E-state index contributed by atoms with van der Waals surface area (Å²) < 4.78 is 33.7. The van der Waals surface area contributed by atoms with E-state index >= 15 is 0 Å². The van der Waals surface area contributed by atoms with Crippen LogP contribution < -0.4 is 0 Å². The minimum Gasteiger partial charge on any atom is -0.289 e. The molecule has 0 aliphatic rings. The van der Waals surface area contributed by atoms with Gasteiger partial charge in [-0.3, -0.25) is 4.79 Å². The number of Topliss-reactive ketones (excluding diaryl/α,β-unsaturated/α-hetero) is 1. The quantitative estimate of drug-likeness (QED) is 0.336. The second-order valence-corrected chi connectivity index (χ2v) is 1.31. The lowest BCUT2D eigenvalue weighted by atomic mass is 10.4. The third-order valence-corrected chi connectivity index (χ3v) is 0.594. The third kappa shape index (κ3) is 2.93. The Morgan fingerprint density at radius 2 is 2.10 bits per heavy atom. The lowest BCUT2D eigenvalue weighted by molar-refractivity contribution is -0.169. The first kappa shape index (κ1) is 8.77. The lowest BCUT2D eigenvalue weighted by Crippen LogP contribution is -2.24. The Kier molecular flexibility index (Phi) is 2.69. The minimum absolute atomic E-state index is 1.17. The Morgan fingerprint density at radius 3 is 2.40 bits per heavy atom. The van der Waals surface area contributed by atoms with E-state index in [4.69, 9.17) is 5.53 Å². The summed E-state index contributed by atoms with van der Waals surface area (Å²) in [6.07, 6.45) is -4.89. The zero-order chi connectivity index (χ0) is 8.20. The Bertz CT molecular complexity index is 180. The molecule has 7 heteroatoms. The van der Waals surface area contributed by atoms with Crippen molar-refractivity contribution in [1.82, 2.24) is 0 Å². The number of carbonyl (C=O) groups excluding carboxylic acids is 1. The van der Waals surface area contributed by atoms with Crippen molar-refractivity contribution < 1.29 is 18.0 Å². The van der Waals surface area contributed by atoms with Gasteiger partial charge in [-0.05, 0) is 5.53 Å². The Balaban J connectivity index is 3.98. The van der Waals surface area contributed by atoms with E-state index in [0.29, 0.717) is 0 Å². The molecule has 0 rings (SSSR count). The molecular formula is C3H2F3N3O. The van der Waals surface area contributed by atoms with Crippen LogP contribution in [0.5, 0.6) is 0 Å². The monoisotopic (exact) mass is 153 g/mol. The summed E-state index contributed by atoms with van der Waals surface area (Å²) in [5.41, 5.74) is 7.52. The van der Waals surface area contributed by atoms with Crippen molar-refractivity contribution in [3.63, 3.8) is 0 Å². The van der Waals surface area contributed by atoms with Crippen LogP contribution in [0.1, 0.15) is 0 Å². The van der Waals surface area contributed by atoms with Crippen LogP contribution >= 0.6 is 0 Å². The van der Waals surface area contributed by atoms with Gasteiger partial charge in [0.15, 0.2) is 0 Å². The topological polar surface area (TPSA) is 65.8 Å². The number of azide groups is 1. The van der Waals surface area contributed by atoms with Crippen molar-refractivity contribution in [2.75, 3.05) is 6.54 Å². The molecule has 0 radical (unpaired) electrons. The summed E-state index contributed by atoms with van der Waals surface area (Å²) in [7, 11) is 0. The van der Waals surface area contributed by atoms with E-state index in [2.05, 4.69) is 5.11 Å². The van der Waals surface area contributed by atoms with E-state index in [9.17, 15) is 18.0 Å². The maximum absolute atomic E-state index is 11.2. The number of halogens is 3. The zero-order valence-electron chi connectivity index (χ0n) is 4.59. The van der Waals surface area contributed by atoms with Crippen LogP contribution in [-0.4, -0.2) is 18.5 Å². The molecule has 0 fully saturated rings. The summed E-state index contributed by atoms with van der Waals surface area (Å²) in [4.78, 5) is 11.8. The highest BCUT2D eigenvalue weighted by atomic mass is 19.4. The van der Waals surface area contributed by atoms with Crippen LogP contribution in [0.25, 0.3) is 10.4 Å². The van der Waals surface area contributed by atoms with E-state index in [-0.39, 0.29) is 0 Å². The predicted molar refractivity (Wildman–Crippen MR) is 25.1 cm³/mol. The fourth-order valence-electron chi connectivity index (χ4n) is 0.185. The van der Waals surface area contributed by atoms with Gasteiger partial charge in [0.05, 0.1) is 6.54 Å². The second-order valence-electron chi connectivity index (χ2n) is 1.31. The van der Waals surface area contributed by atoms with Gasteiger partial charge in [0.2, 0.25) is 5.78 Å². The molecule has 0 N–H and O–H groups in total. The summed E-state index contributed by atoms with van der Waals surface area (Å²) >= 11 is 0. The molecule has 0 unspecified atom stereocenters. The highest BCUT2D eigenvalue weighted by Gasteiger charge is 2.36. The fraction of sp³-hybridized carbons (Fsp3) is 0.667. The Hall–Kier alpha value is -1.23. The molecule has 0 atom stereocenters. The number of rotatable bonds is 2. The number of nitrogens with zero attached hydrogens (tertiary/aromatic N) is 3. The second kappa shape index (κ2) is 3.07. The molecule has 0 bridgehead atoms. The van der Waals surface area contributed by atoms with Crippen molar-refractivity contribution in [2.45, 2.75) is 6.18 Å².